The third-order valence-electron chi connectivity index (χ3n) is 4.08. The van der Waals surface area contributed by atoms with Gasteiger partial charge in [0.2, 0.25) is 0 Å². The van der Waals surface area contributed by atoms with Crippen LogP contribution in [0.1, 0.15) is 28.3 Å². The predicted molar refractivity (Wildman–Crippen MR) is 108 cm³/mol. The number of nitro benzene ring substituents is 1. The summed E-state index contributed by atoms with van der Waals surface area (Å²) in [7, 11) is 0. The molecule has 2 aromatic heterocycles. The number of ether oxygens (including phenoxy) is 1. The molecule has 0 radical (unpaired) electrons. The van der Waals surface area contributed by atoms with Crippen LogP contribution in [0.25, 0.3) is 0 Å². The van der Waals surface area contributed by atoms with Gasteiger partial charge in [-0.2, -0.15) is 5.10 Å². The summed E-state index contributed by atoms with van der Waals surface area (Å²) in [4.78, 5) is 22.6. The minimum absolute atomic E-state index is 0.0366. The number of halogens is 1. The van der Waals surface area contributed by atoms with Crippen molar-refractivity contribution in [2.24, 2.45) is 0 Å². The fourth-order valence-corrected chi connectivity index (χ4v) is 2.97. The van der Waals surface area contributed by atoms with Gasteiger partial charge in [-0.3, -0.25) is 19.6 Å². The van der Waals surface area contributed by atoms with Gasteiger partial charge in [0.15, 0.2) is 5.76 Å². The van der Waals surface area contributed by atoms with Crippen molar-refractivity contribution in [2.75, 3.05) is 6.54 Å². The van der Waals surface area contributed by atoms with Crippen LogP contribution in [0.15, 0.2) is 51.6 Å². The highest BCUT2D eigenvalue weighted by molar-refractivity contribution is 9.10. The number of nitrogens with one attached hydrogen (secondary N) is 1. The van der Waals surface area contributed by atoms with Crippen LogP contribution in [0.3, 0.4) is 0 Å². The van der Waals surface area contributed by atoms with Crippen LogP contribution >= 0.6 is 15.9 Å². The second-order valence-corrected chi connectivity index (χ2v) is 7.21. The highest BCUT2D eigenvalue weighted by Crippen LogP contribution is 2.24. The fourth-order valence-electron chi connectivity index (χ4n) is 2.65. The van der Waals surface area contributed by atoms with E-state index in [4.69, 9.17) is 9.15 Å². The number of hydrogen-bond acceptors (Lipinski definition) is 6. The van der Waals surface area contributed by atoms with Crippen molar-refractivity contribution in [3.8, 4) is 5.75 Å². The molecular weight excluding hydrogens is 444 g/mol. The molecule has 0 fully saturated rings. The van der Waals surface area contributed by atoms with E-state index >= 15 is 0 Å². The number of rotatable bonds is 9. The Morgan fingerprint density at radius 3 is 2.90 bits per heavy atom. The quantitative estimate of drug-likeness (QED) is 0.293. The molecule has 1 aromatic carbocycles. The Balaban J connectivity index is 1.45. The lowest BCUT2D eigenvalue weighted by molar-refractivity contribution is -0.385. The van der Waals surface area contributed by atoms with E-state index in [-0.39, 0.29) is 24.0 Å². The molecule has 0 spiro atoms. The molecule has 3 rings (SSSR count). The molecule has 0 bridgehead atoms. The van der Waals surface area contributed by atoms with E-state index in [2.05, 4.69) is 26.3 Å². The van der Waals surface area contributed by atoms with Gasteiger partial charge in [0.25, 0.3) is 11.6 Å². The minimum Gasteiger partial charge on any atom is -0.486 e. The van der Waals surface area contributed by atoms with Crippen molar-refractivity contribution in [1.29, 1.82) is 0 Å². The van der Waals surface area contributed by atoms with Crippen LogP contribution in [0.5, 0.6) is 5.75 Å². The molecule has 3 aromatic rings. The van der Waals surface area contributed by atoms with E-state index in [1.54, 1.807) is 36.0 Å². The van der Waals surface area contributed by atoms with Crippen LogP contribution in [0, 0.1) is 17.0 Å². The van der Waals surface area contributed by atoms with Crippen molar-refractivity contribution < 1.29 is 18.9 Å². The Bertz CT molecular complexity index is 1010. The Morgan fingerprint density at radius 2 is 2.21 bits per heavy atom. The number of carbonyl (C=O) groups excluding carboxylic acids is 1. The highest BCUT2D eigenvalue weighted by Gasteiger charge is 2.13. The molecule has 0 atom stereocenters. The third-order valence-corrected chi connectivity index (χ3v) is 4.49. The Hall–Kier alpha value is -3.14. The zero-order valence-electron chi connectivity index (χ0n) is 15.6. The second kappa shape index (κ2) is 9.37. The molecule has 152 valence electrons. The number of nitro groups is 1. The summed E-state index contributed by atoms with van der Waals surface area (Å²) >= 11 is 3.33. The molecule has 10 heteroatoms. The summed E-state index contributed by atoms with van der Waals surface area (Å²) in [5.74, 6) is 0.864. The average Bonchev–Trinajstić information content (AvgIpc) is 3.32. The van der Waals surface area contributed by atoms with Gasteiger partial charge in [0.1, 0.15) is 18.1 Å². The van der Waals surface area contributed by atoms with Crippen LogP contribution in [-0.2, 0) is 13.2 Å². The summed E-state index contributed by atoms with van der Waals surface area (Å²) in [6.07, 6.45) is 4.31. The van der Waals surface area contributed by atoms with Gasteiger partial charge < -0.3 is 14.5 Å². The van der Waals surface area contributed by atoms with Crippen molar-refractivity contribution in [3.63, 3.8) is 0 Å². The van der Waals surface area contributed by atoms with Crippen molar-refractivity contribution in [2.45, 2.75) is 26.5 Å². The zero-order valence-corrected chi connectivity index (χ0v) is 17.2. The van der Waals surface area contributed by atoms with Gasteiger partial charge in [0.05, 0.1) is 15.6 Å². The minimum atomic E-state index is -0.440. The lowest BCUT2D eigenvalue weighted by Gasteiger charge is -2.06. The van der Waals surface area contributed by atoms with Gasteiger partial charge >= 0.3 is 0 Å². The highest BCUT2D eigenvalue weighted by atomic mass is 79.9. The smallest absolute Gasteiger partial charge is 0.286 e. The molecular formula is C19H19BrN4O5. The summed E-state index contributed by atoms with van der Waals surface area (Å²) in [6, 6.07) is 7.76. The summed E-state index contributed by atoms with van der Waals surface area (Å²) in [6.45, 7) is 2.94. The molecule has 1 amide bonds. The molecule has 1 N–H and O–H groups in total. The SMILES string of the molecule is Cc1cc(OCc2ccc(C(=O)NCCCn3cc(Br)cn3)o2)ccc1[N+](=O)[O-]. The van der Waals surface area contributed by atoms with Gasteiger partial charge in [-0.15, -0.1) is 0 Å². The number of aromatic nitrogens is 2. The number of carbonyl (C=O) groups is 1. The molecule has 2 heterocycles. The lowest BCUT2D eigenvalue weighted by Crippen LogP contribution is -2.24. The maximum absolute atomic E-state index is 12.2. The van der Waals surface area contributed by atoms with Crippen molar-refractivity contribution >= 4 is 27.5 Å². The van der Waals surface area contributed by atoms with Gasteiger partial charge in [-0.05, 0) is 53.5 Å². The molecule has 9 nitrogen and oxygen atoms in total. The number of amides is 1. The van der Waals surface area contributed by atoms with E-state index in [0.29, 0.717) is 30.2 Å². The predicted octanol–water partition coefficient (Wildman–Crippen LogP) is 3.85. The molecule has 0 aliphatic heterocycles. The van der Waals surface area contributed by atoms with E-state index in [9.17, 15) is 14.9 Å². The Labute approximate surface area is 174 Å². The van der Waals surface area contributed by atoms with E-state index < -0.39 is 4.92 Å². The van der Waals surface area contributed by atoms with Crippen molar-refractivity contribution in [1.82, 2.24) is 15.1 Å². The largest absolute Gasteiger partial charge is 0.486 e. The standard InChI is InChI=1S/C19H19BrN4O5/c1-13-9-15(3-5-17(13)24(26)27)28-12-16-4-6-18(29-16)19(25)21-7-2-8-23-11-14(20)10-22-23/h3-6,9-11H,2,7-8,12H2,1H3,(H,21,25). The molecule has 0 saturated heterocycles. The topological polar surface area (TPSA) is 112 Å². The molecule has 0 aliphatic carbocycles. The maximum Gasteiger partial charge on any atom is 0.286 e. The summed E-state index contributed by atoms with van der Waals surface area (Å²) < 4.78 is 13.8. The second-order valence-electron chi connectivity index (χ2n) is 6.29. The summed E-state index contributed by atoms with van der Waals surface area (Å²) in [5.41, 5.74) is 0.545. The number of benzene rings is 1. The monoisotopic (exact) mass is 462 g/mol. The first-order valence-corrected chi connectivity index (χ1v) is 9.64. The van der Waals surface area contributed by atoms with Crippen LogP contribution in [0.2, 0.25) is 0 Å². The Kier molecular flexibility index (Phi) is 6.65. The van der Waals surface area contributed by atoms with Crippen molar-refractivity contribution in [3.05, 3.63) is 74.4 Å². The lowest BCUT2D eigenvalue weighted by atomic mass is 10.2. The number of hydrogen-bond donors (Lipinski definition) is 1. The van der Waals surface area contributed by atoms with E-state index in [1.165, 1.54) is 12.1 Å². The number of furan rings is 1. The van der Waals surface area contributed by atoms with Crippen LogP contribution in [0.4, 0.5) is 5.69 Å². The molecule has 0 unspecified atom stereocenters. The molecule has 0 saturated carbocycles. The van der Waals surface area contributed by atoms with E-state index in [0.717, 1.165) is 10.9 Å². The number of nitrogens with zero attached hydrogens (tertiary/aromatic N) is 3. The van der Waals surface area contributed by atoms with Gasteiger partial charge in [-0.25, -0.2) is 0 Å². The van der Waals surface area contributed by atoms with E-state index in [1.807, 2.05) is 6.20 Å². The van der Waals surface area contributed by atoms with Gasteiger partial charge in [-0.1, -0.05) is 0 Å². The first-order chi connectivity index (χ1) is 13.9. The van der Waals surface area contributed by atoms with Gasteiger partial charge in [0, 0.05) is 30.9 Å². The first kappa shape index (κ1) is 20.6. The number of aryl methyl sites for hydroxylation is 2. The van der Waals surface area contributed by atoms with Crippen LogP contribution < -0.4 is 10.1 Å². The summed E-state index contributed by atoms with van der Waals surface area (Å²) in [5, 5.41) is 17.8. The zero-order chi connectivity index (χ0) is 20.8. The molecule has 29 heavy (non-hydrogen) atoms. The molecule has 0 aliphatic rings. The Morgan fingerprint density at radius 1 is 1.38 bits per heavy atom. The average molecular weight is 463 g/mol. The fraction of sp³-hybridized carbons (Fsp3) is 0.263. The van der Waals surface area contributed by atoms with Crippen LogP contribution in [-0.4, -0.2) is 27.2 Å². The normalized spacial score (nSPS) is 10.7. The maximum atomic E-state index is 12.2. The first-order valence-electron chi connectivity index (χ1n) is 8.85. The third kappa shape index (κ3) is 5.67.